The minimum Gasteiger partial charge on any atom is -0.267 e. The third kappa shape index (κ3) is 5.30. The maximum Gasteiger partial charge on any atom is 0.271 e. The Labute approximate surface area is 147 Å². The number of non-ortho nitro benzene ring substituents is 1. The van der Waals surface area contributed by atoms with Gasteiger partial charge in [-0.15, -0.1) is 0 Å². The fourth-order valence-electron chi connectivity index (χ4n) is 1.87. The first kappa shape index (κ1) is 17.9. The van der Waals surface area contributed by atoms with Crippen molar-refractivity contribution in [3.63, 3.8) is 0 Å². The molecule has 124 valence electrons. The van der Waals surface area contributed by atoms with Crippen LogP contribution in [0.25, 0.3) is 4.91 Å². The number of nitro benzene ring substituents is 1. The molecule has 0 aliphatic carbocycles. The molecule has 0 radical (unpaired) electrons. The molecule has 0 unspecified atom stereocenters. The quantitative estimate of drug-likeness (QED) is 0.370. The number of hydrogen-bond donors (Lipinski definition) is 1. The minimum atomic E-state index is -0.575. The number of allylic oxidation sites excluding steroid dienone is 1. The standard InChI is InChI=1S/C17H12N4O3S/c18-12-25-16(13-5-2-1-3-6-13)9-10-19-20-17(22)14-7-4-8-15(11-14)21(23)24/h1-11H,(H,20,22)/b16-9-,19-10+. The van der Waals surface area contributed by atoms with Crippen LogP contribution in [0.1, 0.15) is 15.9 Å². The summed E-state index contributed by atoms with van der Waals surface area (Å²) in [6, 6.07) is 14.6. The minimum absolute atomic E-state index is 0.130. The molecule has 0 heterocycles. The molecule has 7 nitrogen and oxygen atoms in total. The molecule has 2 aromatic carbocycles. The van der Waals surface area contributed by atoms with Crippen molar-refractivity contribution in [2.45, 2.75) is 0 Å². The maximum absolute atomic E-state index is 11.9. The van der Waals surface area contributed by atoms with E-state index in [-0.39, 0.29) is 11.3 Å². The molecule has 0 saturated carbocycles. The average molecular weight is 352 g/mol. The van der Waals surface area contributed by atoms with Gasteiger partial charge in [0.1, 0.15) is 5.40 Å². The van der Waals surface area contributed by atoms with Crippen LogP contribution in [0.3, 0.4) is 0 Å². The number of benzene rings is 2. The van der Waals surface area contributed by atoms with E-state index in [9.17, 15) is 14.9 Å². The number of nitro groups is 1. The molecule has 0 aromatic heterocycles. The first-order valence-electron chi connectivity index (χ1n) is 7.01. The second kappa shape index (κ2) is 9.00. The molecule has 2 rings (SSSR count). The normalized spacial score (nSPS) is 11.1. The van der Waals surface area contributed by atoms with Crippen LogP contribution in [-0.4, -0.2) is 17.0 Å². The van der Waals surface area contributed by atoms with E-state index in [1.807, 2.05) is 35.7 Å². The van der Waals surface area contributed by atoms with Gasteiger partial charge in [-0.1, -0.05) is 36.4 Å². The summed E-state index contributed by atoms with van der Waals surface area (Å²) in [6.07, 6.45) is 2.94. The van der Waals surface area contributed by atoms with E-state index in [2.05, 4.69) is 10.5 Å². The Morgan fingerprint density at radius 1 is 1.20 bits per heavy atom. The zero-order valence-corrected chi connectivity index (χ0v) is 13.6. The number of nitrogens with one attached hydrogen (secondary N) is 1. The monoisotopic (exact) mass is 352 g/mol. The van der Waals surface area contributed by atoms with E-state index >= 15 is 0 Å². The van der Waals surface area contributed by atoms with Crippen molar-refractivity contribution in [1.29, 1.82) is 5.26 Å². The van der Waals surface area contributed by atoms with Crippen molar-refractivity contribution in [2.24, 2.45) is 5.10 Å². The van der Waals surface area contributed by atoms with Crippen molar-refractivity contribution in [3.8, 4) is 5.40 Å². The zero-order chi connectivity index (χ0) is 18.1. The number of nitrogens with zero attached hydrogens (tertiary/aromatic N) is 3. The highest BCUT2D eigenvalue weighted by atomic mass is 32.2. The molecule has 0 aliphatic rings. The molecule has 25 heavy (non-hydrogen) atoms. The molecule has 0 atom stereocenters. The van der Waals surface area contributed by atoms with Gasteiger partial charge in [0.25, 0.3) is 11.6 Å². The van der Waals surface area contributed by atoms with Crippen LogP contribution in [0.15, 0.2) is 65.8 Å². The smallest absolute Gasteiger partial charge is 0.267 e. The Hall–Kier alpha value is -3.44. The third-order valence-electron chi connectivity index (χ3n) is 3.00. The van der Waals surface area contributed by atoms with Gasteiger partial charge < -0.3 is 0 Å². The van der Waals surface area contributed by atoms with E-state index in [1.165, 1.54) is 30.5 Å². The van der Waals surface area contributed by atoms with Gasteiger partial charge in [0.15, 0.2) is 0 Å². The van der Waals surface area contributed by atoms with Gasteiger partial charge in [0.2, 0.25) is 0 Å². The van der Waals surface area contributed by atoms with E-state index < -0.39 is 10.8 Å². The lowest BCUT2D eigenvalue weighted by Crippen LogP contribution is -2.17. The number of thioether (sulfide) groups is 1. The summed E-state index contributed by atoms with van der Waals surface area (Å²) in [5, 5.41) is 25.4. The van der Waals surface area contributed by atoms with Crippen molar-refractivity contribution >= 4 is 34.5 Å². The highest BCUT2D eigenvalue weighted by molar-refractivity contribution is 8.12. The number of amides is 1. The number of rotatable bonds is 6. The number of thiocyanates is 1. The molecule has 0 saturated heterocycles. The molecule has 2 aromatic rings. The molecule has 0 spiro atoms. The van der Waals surface area contributed by atoms with Gasteiger partial charge in [-0.05, 0) is 29.5 Å². The Balaban J connectivity index is 2.06. The summed E-state index contributed by atoms with van der Waals surface area (Å²) in [4.78, 5) is 22.8. The molecule has 0 aliphatic heterocycles. The van der Waals surface area contributed by atoms with Crippen LogP contribution < -0.4 is 5.43 Å². The topological polar surface area (TPSA) is 108 Å². The Morgan fingerprint density at radius 3 is 2.60 bits per heavy atom. The fraction of sp³-hybridized carbons (Fsp3) is 0. The maximum atomic E-state index is 11.9. The van der Waals surface area contributed by atoms with E-state index in [0.717, 1.165) is 17.3 Å². The van der Waals surface area contributed by atoms with Crippen LogP contribution in [0.4, 0.5) is 5.69 Å². The second-order valence-corrected chi connectivity index (χ2v) is 5.44. The Kier molecular flexibility index (Phi) is 6.45. The summed E-state index contributed by atoms with van der Waals surface area (Å²) in [5.74, 6) is -0.567. The largest absolute Gasteiger partial charge is 0.271 e. The van der Waals surface area contributed by atoms with Gasteiger partial charge >= 0.3 is 0 Å². The summed E-state index contributed by atoms with van der Waals surface area (Å²) < 4.78 is 0. The van der Waals surface area contributed by atoms with Gasteiger partial charge in [0.05, 0.1) is 4.92 Å². The molecule has 0 fully saturated rings. The molecule has 1 N–H and O–H groups in total. The SMILES string of the molecule is N#CS/C(=C\C=N\NC(=O)c1cccc([N+](=O)[O-])c1)c1ccccc1. The van der Waals surface area contributed by atoms with Gasteiger partial charge in [-0.2, -0.15) is 10.4 Å². The molecular weight excluding hydrogens is 340 g/mol. The van der Waals surface area contributed by atoms with Crippen LogP contribution in [-0.2, 0) is 0 Å². The van der Waals surface area contributed by atoms with Crippen LogP contribution >= 0.6 is 11.8 Å². The van der Waals surface area contributed by atoms with E-state index in [0.29, 0.717) is 4.91 Å². The van der Waals surface area contributed by atoms with E-state index in [4.69, 9.17) is 5.26 Å². The predicted octanol–water partition coefficient (Wildman–Crippen LogP) is 3.57. The van der Waals surface area contributed by atoms with Crippen molar-refractivity contribution in [3.05, 3.63) is 81.9 Å². The number of hydrogen-bond acceptors (Lipinski definition) is 6. The van der Waals surface area contributed by atoms with Crippen molar-refractivity contribution in [2.75, 3.05) is 0 Å². The molecule has 1 amide bonds. The van der Waals surface area contributed by atoms with Gasteiger partial charge in [0, 0.05) is 28.8 Å². The molecular formula is C17H12N4O3S. The third-order valence-corrected chi connectivity index (χ3v) is 3.68. The predicted molar refractivity (Wildman–Crippen MR) is 96.7 cm³/mol. The van der Waals surface area contributed by atoms with E-state index in [1.54, 1.807) is 6.08 Å². The van der Waals surface area contributed by atoms with Gasteiger partial charge in [-0.3, -0.25) is 14.9 Å². The van der Waals surface area contributed by atoms with Crippen LogP contribution in [0.2, 0.25) is 0 Å². The Morgan fingerprint density at radius 2 is 1.92 bits per heavy atom. The van der Waals surface area contributed by atoms with Crippen molar-refractivity contribution in [1.82, 2.24) is 5.43 Å². The van der Waals surface area contributed by atoms with Crippen LogP contribution in [0, 0.1) is 20.8 Å². The molecule has 0 bridgehead atoms. The highest BCUT2D eigenvalue weighted by Gasteiger charge is 2.10. The fourth-order valence-corrected chi connectivity index (χ4v) is 2.35. The second-order valence-electron chi connectivity index (χ2n) is 4.62. The zero-order valence-electron chi connectivity index (χ0n) is 12.8. The first-order chi connectivity index (χ1) is 12.1. The molecule has 8 heteroatoms. The summed E-state index contributed by atoms with van der Waals surface area (Å²) >= 11 is 0.978. The lowest BCUT2D eigenvalue weighted by Gasteiger charge is -2.01. The summed E-state index contributed by atoms with van der Waals surface area (Å²) in [6.45, 7) is 0. The summed E-state index contributed by atoms with van der Waals surface area (Å²) in [5.41, 5.74) is 3.09. The van der Waals surface area contributed by atoms with Gasteiger partial charge in [-0.25, -0.2) is 5.43 Å². The highest BCUT2D eigenvalue weighted by Crippen LogP contribution is 2.25. The average Bonchev–Trinajstić information content (AvgIpc) is 2.65. The summed E-state index contributed by atoms with van der Waals surface area (Å²) in [7, 11) is 0. The van der Waals surface area contributed by atoms with Crippen LogP contribution in [0.5, 0.6) is 0 Å². The lowest BCUT2D eigenvalue weighted by atomic mass is 10.2. The number of carbonyl (C=O) groups excluding carboxylic acids is 1. The van der Waals surface area contributed by atoms with Crippen molar-refractivity contribution < 1.29 is 9.72 Å². The number of hydrazone groups is 1. The number of carbonyl (C=O) groups is 1. The lowest BCUT2D eigenvalue weighted by molar-refractivity contribution is -0.384. The Bertz CT molecular complexity index is 873. The first-order valence-corrected chi connectivity index (χ1v) is 7.83. The number of nitriles is 1.